The van der Waals surface area contributed by atoms with Crippen molar-refractivity contribution in [1.82, 2.24) is 14.3 Å². The quantitative estimate of drug-likeness (QED) is 0.113. The van der Waals surface area contributed by atoms with Crippen LogP contribution in [0, 0.1) is 6.20 Å². The Morgan fingerprint density at radius 3 is 2.02 bits per heavy atom. The summed E-state index contributed by atoms with van der Waals surface area (Å²) in [5.41, 5.74) is 8.56. The minimum Gasteiger partial charge on any atom is -0.686 e. The minimum absolute atomic E-state index is 0. The summed E-state index contributed by atoms with van der Waals surface area (Å²) in [7, 11) is -0.157. The van der Waals surface area contributed by atoms with E-state index in [0.29, 0.717) is 0 Å². The second kappa shape index (κ2) is 14.7. The third-order valence-corrected chi connectivity index (χ3v) is 10.9. The van der Waals surface area contributed by atoms with Gasteiger partial charge >= 0.3 is 19.8 Å². The number of hydrogen-bond donors (Lipinski definition) is 0. The molecule has 0 amide bonds. The van der Waals surface area contributed by atoms with Crippen molar-refractivity contribution in [1.29, 1.82) is 0 Å². The Bertz CT molecular complexity index is 2530. The fraction of sp³-hybridized carbons (Fsp3) is 0.116. The van der Waals surface area contributed by atoms with Crippen molar-refractivity contribution in [2.75, 3.05) is 33.7 Å². The molecule has 51 heavy (non-hydrogen) atoms. The largest absolute Gasteiger partial charge is 2.00 e. The molecule has 5 aromatic carbocycles. The van der Waals surface area contributed by atoms with Gasteiger partial charge in [0, 0.05) is 5.69 Å². The third-order valence-electron chi connectivity index (χ3n) is 9.05. The van der Waals surface area contributed by atoms with E-state index in [1.807, 2.05) is 19.2 Å². The van der Waals surface area contributed by atoms with Gasteiger partial charge in [-0.05, 0) is 68.8 Å². The van der Waals surface area contributed by atoms with E-state index in [1.165, 1.54) is 16.6 Å². The Morgan fingerprint density at radius 1 is 0.627 bits per heavy atom. The fourth-order valence-corrected chi connectivity index (χ4v) is 8.43. The molecule has 0 aliphatic rings. The molecule has 0 fully saturated rings. The summed E-state index contributed by atoms with van der Waals surface area (Å²) in [6, 6.07) is 44.6. The molecule has 3 heterocycles. The van der Waals surface area contributed by atoms with Crippen molar-refractivity contribution in [3.63, 3.8) is 0 Å². The normalized spacial score (nSPS) is 11.4. The molecule has 0 N–H and O–H groups in total. The molecular weight excluding hydrogens is 841 g/mol. The second-order valence-electron chi connectivity index (χ2n) is 12.9. The van der Waals surface area contributed by atoms with Gasteiger partial charge in [-0.25, -0.2) is 4.98 Å². The van der Waals surface area contributed by atoms with Crippen molar-refractivity contribution in [2.24, 2.45) is 0 Å². The van der Waals surface area contributed by atoms with Gasteiger partial charge in [0.05, 0.1) is 46.1 Å². The average Bonchev–Trinajstić information content (AvgIpc) is 3.55. The summed E-state index contributed by atoms with van der Waals surface area (Å²) in [5, 5.41) is 11.4. The molecule has 8 rings (SSSR count). The zero-order valence-electron chi connectivity index (χ0n) is 29.2. The molecule has 0 saturated heterocycles. The maximum atomic E-state index is 6.51. The van der Waals surface area contributed by atoms with Crippen LogP contribution in [0.2, 0.25) is 0 Å². The van der Waals surface area contributed by atoms with Crippen molar-refractivity contribution in [2.45, 2.75) is 0 Å². The Labute approximate surface area is 314 Å². The summed E-state index contributed by atoms with van der Waals surface area (Å²) in [4.78, 5) is 10.8. The average molecular weight is 879 g/mol. The van der Waals surface area contributed by atoms with Crippen LogP contribution in [0.15, 0.2) is 127 Å². The molecule has 0 bridgehead atoms. The number of rotatable bonds is 8. The topological polar surface area (TPSA) is 54.0 Å². The molecule has 8 heteroatoms. The predicted octanol–water partition coefficient (Wildman–Crippen LogP) is 11.8. The van der Waals surface area contributed by atoms with Crippen molar-refractivity contribution in [3.05, 3.63) is 139 Å². The van der Waals surface area contributed by atoms with Crippen molar-refractivity contribution < 1.29 is 24.3 Å². The van der Waals surface area contributed by atoms with E-state index in [1.54, 1.807) is 0 Å². The molecule has 0 atom stereocenters. The first-order valence-electron chi connectivity index (χ1n) is 16.8. The SMILES string of the molecule is C[N-]c1cc2ccccc2cc1-c1ccc(O[PH+](C)C)c(-c2cc3ccccc3c(-c3cccc4c(-c5ccccc5)n([PH+](C)C)[c-]c34)n2)n1.[Os+2]. The number of pyridine rings is 2. The first-order valence-corrected chi connectivity index (χ1v) is 21.7. The number of fused-ring (bicyclic) bond motifs is 3. The van der Waals surface area contributed by atoms with Crippen LogP contribution in [0.3, 0.4) is 0 Å². The standard InChI is InChI=1S/C43H36N4OP2.Os/c1-44-38-25-30-17-10-9-16-29(30)24-35(38)37-22-23-40(48-50(4)5)42(45-37)39-26-31-18-11-12-19-32(31)41(46-39)33-20-13-21-34-36(33)27-47(49(2)3)43(34)28-14-7-6-8-15-28;/h6-26H,1-5H3;/q-2;+2/p+2. The van der Waals surface area contributed by atoms with Gasteiger partial charge in [0.1, 0.15) is 5.69 Å². The first-order chi connectivity index (χ1) is 24.4. The van der Waals surface area contributed by atoms with Crippen molar-refractivity contribution in [3.8, 4) is 50.9 Å². The van der Waals surface area contributed by atoms with Crippen LogP contribution in [0.4, 0.5) is 5.69 Å². The summed E-state index contributed by atoms with van der Waals surface area (Å²) in [5.74, 6) is 0.739. The zero-order chi connectivity index (χ0) is 34.4. The Kier molecular flexibility index (Phi) is 10.1. The minimum atomic E-state index is -1.09. The molecule has 0 aliphatic heterocycles. The van der Waals surface area contributed by atoms with E-state index in [0.717, 1.165) is 72.3 Å². The van der Waals surface area contributed by atoms with Crippen LogP contribution in [0.25, 0.3) is 82.8 Å². The van der Waals surface area contributed by atoms with E-state index < -0.39 is 16.2 Å². The number of aromatic nitrogens is 3. The molecule has 0 unspecified atom stereocenters. The summed E-state index contributed by atoms with van der Waals surface area (Å²) < 4.78 is 8.87. The predicted molar refractivity (Wildman–Crippen MR) is 218 cm³/mol. The van der Waals surface area contributed by atoms with Gasteiger partial charge in [0.25, 0.3) is 0 Å². The third kappa shape index (κ3) is 6.59. The van der Waals surface area contributed by atoms with Crippen LogP contribution in [-0.4, -0.2) is 48.0 Å². The first kappa shape index (κ1) is 35.0. The Balaban J connectivity index is 0.00000406. The van der Waals surface area contributed by atoms with Crippen LogP contribution < -0.4 is 4.52 Å². The maximum Gasteiger partial charge on any atom is 2.00 e. The van der Waals surface area contributed by atoms with E-state index in [9.17, 15) is 0 Å². The van der Waals surface area contributed by atoms with Gasteiger partial charge in [-0.3, -0.25) is 4.98 Å². The summed E-state index contributed by atoms with van der Waals surface area (Å²) >= 11 is 0. The molecule has 0 aliphatic carbocycles. The number of hydrogen-bond acceptors (Lipinski definition) is 3. The van der Waals surface area contributed by atoms with E-state index >= 15 is 0 Å². The molecule has 5 nitrogen and oxygen atoms in total. The fourth-order valence-electron chi connectivity index (χ4n) is 6.80. The maximum absolute atomic E-state index is 6.51. The molecule has 3 aromatic heterocycles. The van der Waals surface area contributed by atoms with E-state index in [4.69, 9.17) is 14.5 Å². The molecule has 0 radical (unpaired) electrons. The molecule has 8 aromatic rings. The Morgan fingerprint density at radius 2 is 1.29 bits per heavy atom. The van der Waals surface area contributed by atoms with Gasteiger partial charge in [0.2, 0.25) is 5.75 Å². The van der Waals surface area contributed by atoms with Gasteiger partial charge < -0.3 is 14.2 Å². The van der Waals surface area contributed by atoms with Gasteiger partial charge in [-0.1, -0.05) is 103 Å². The molecule has 252 valence electrons. The molecular formula is C43H38N4OOsP2+2. The van der Waals surface area contributed by atoms with Crippen molar-refractivity contribution >= 4 is 54.2 Å². The number of benzene rings is 5. The van der Waals surface area contributed by atoms with E-state index in [-0.39, 0.29) is 19.8 Å². The van der Waals surface area contributed by atoms with Crippen LogP contribution in [0.1, 0.15) is 0 Å². The second-order valence-corrected chi connectivity index (χ2v) is 17.3. The van der Waals surface area contributed by atoms with Crippen LogP contribution in [0.5, 0.6) is 5.75 Å². The number of nitrogens with zero attached hydrogens (tertiary/aromatic N) is 4. The zero-order valence-corrected chi connectivity index (χ0v) is 33.7. The summed E-state index contributed by atoms with van der Waals surface area (Å²) in [6.45, 7) is 8.90. The smallest absolute Gasteiger partial charge is 0.686 e. The van der Waals surface area contributed by atoms with Gasteiger partial charge in [-0.15, -0.1) is 29.6 Å². The Hall–Kier alpha value is -4.44. The van der Waals surface area contributed by atoms with Crippen LogP contribution in [-0.2, 0) is 19.8 Å². The molecule has 0 saturated carbocycles. The van der Waals surface area contributed by atoms with E-state index in [2.05, 4.69) is 158 Å². The van der Waals surface area contributed by atoms with Gasteiger partial charge in [0.15, 0.2) is 8.15 Å². The molecule has 0 spiro atoms. The summed E-state index contributed by atoms with van der Waals surface area (Å²) in [6.07, 6.45) is 3.82. The van der Waals surface area contributed by atoms with Crippen LogP contribution >= 0.6 is 16.2 Å². The van der Waals surface area contributed by atoms with Gasteiger partial charge in [-0.2, -0.15) is 0 Å². The monoisotopic (exact) mass is 880 g/mol.